The van der Waals surface area contributed by atoms with E-state index in [1.807, 2.05) is 4.91 Å². The van der Waals surface area contributed by atoms with Crippen LogP contribution in [-0.2, 0) is 10.0 Å². The molecule has 0 fully saturated rings. The normalized spacial score (nSPS) is 10.6. The van der Waals surface area contributed by atoms with Gasteiger partial charge >= 0.3 is 5.69 Å². The highest BCUT2D eigenvalue weighted by molar-refractivity contribution is 7.90. The van der Waals surface area contributed by atoms with Crippen molar-refractivity contribution in [1.82, 2.24) is 0 Å². The van der Waals surface area contributed by atoms with Crippen molar-refractivity contribution in [1.29, 1.82) is 0 Å². The van der Waals surface area contributed by atoms with E-state index in [1.54, 1.807) is 0 Å². The third kappa shape index (κ3) is 2.07. The van der Waals surface area contributed by atoms with Gasteiger partial charge in [-0.2, -0.15) is 4.39 Å². The molecule has 0 aliphatic carbocycles. The largest absolute Gasteiger partial charge is 0.323 e. The first-order valence-electron chi connectivity index (χ1n) is 3.64. The first-order chi connectivity index (χ1) is 7.40. The Hall–Kier alpha value is -2.19. The van der Waals surface area contributed by atoms with Crippen LogP contribution in [0, 0.1) is 15.9 Å². The quantitative estimate of drug-likeness (QED) is 0.264. The maximum atomic E-state index is 13.0. The molecular formula is C6H3FN4O4S. The number of azide groups is 1. The van der Waals surface area contributed by atoms with Gasteiger partial charge in [-0.25, -0.2) is 8.42 Å². The Kier molecular flexibility index (Phi) is 3.06. The Morgan fingerprint density at radius 2 is 2.12 bits per heavy atom. The van der Waals surface area contributed by atoms with Crippen LogP contribution in [0.5, 0.6) is 0 Å². The molecule has 0 amide bonds. The number of nitrogens with zero attached hydrogens (tertiary/aromatic N) is 4. The molecule has 0 saturated heterocycles. The van der Waals surface area contributed by atoms with E-state index in [1.165, 1.54) is 0 Å². The fourth-order valence-electron chi connectivity index (χ4n) is 0.973. The van der Waals surface area contributed by atoms with Crippen LogP contribution >= 0.6 is 0 Å². The molecule has 0 aromatic heterocycles. The minimum absolute atomic E-state index is 0.729. The number of halogens is 1. The number of hydrogen-bond donors (Lipinski definition) is 0. The fourth-order valence-corrected chi connectivity index (χ4v) is 1.82. The molecule has 8 nitrogen and oxygen atoms in total. The fraction of sp³-hybridized carbons (Fsp3) is 0. The molecule has 0 unspecified atom stereocenters. The molecule has 1 aromatic rings. The first kappa shape index (κ1) is 11.9. The van der Waals surface area contributed by atoms with Crippen LogP contribution in [0.15, 0.2) is 27.6 Å². The van der Waals surface area contributed by atoms with Gasteiger partial charge in [0.15, 0.2) is 4.90 Å². The number of sulfonamides is 1. The lowest BCUT2D eigenvalue weighted by Gasteiger charge is -1.99. The molecule has 0 saturated carbocycles. The van der Waals surface area contributed by atoms with Crippen molar-refractivity contribution in [2.75, 3.05) is 0 Å². The summed E-state index contributed by atoms with van der Waals surface area (Å²) in [6.07, 6.45) is 0. The van der Waals surface area contributed by atoms with E-state index < -0.39 is 31.3 Å². The third-order valence-corrected chi connectivity index (χ3v) is 2.73. The molecule has 0 bridgehead atoms. The van der Waals surface area contributed by atoms with E-state index in [0.717, 1.165) is 18.2 Å². The molecule has 0 atom stereocenters. The molecule has 0 N–H and O–H groups in total. The van der Waals surface area contributed by atoms with Crippen LogP contribution in [0.2, 0.25) is 0 Å². The second-order valence-corrected chi connectivity index (χ2v) is 4.04. The van der Waals surface area contributed by atoms with E-state index in [0.29, 0.717) is 0 Å². The summed E-state index contributed by atoms with van der Waals surface area (Å²) in [5, 5.41) is 10.5. The monoisotopic (exact) mass is 246 g/mol. The summed E-state index contributed by atoms with van der Waals surface area (Å²) in [6.45, 7) is 0. The average molecular weight is 246 g/mol. The Morgan fingerprint density at radius 3 is 2.62 bits per heavy atom. The van der Waals surface area contributed by atoms with Crippen LogP contribution in [0.3, 0.4) is 0 Å². The minimum Gasteiger partial charge on any atom is -0.258 e. The Bertz CT molecular complexity index is 593. The number of rotatable bonds is 3. The summed E-state index contributed by atoms with van der Waals surface area (Å²) < 4.78 is 37.9. The highest BCUT2D eigenvalue weighted by Crippen LogP contribution is 2.27. The van der Waals surface area contributed by atoms with Crippen LogP contribution < -0.4 is 0 Å². The molecular weight excluding hydrogens is 243 g/mol. The van der Waals surface area contributed by atoms with Gasteiger partial charge in [0.05, 0.1) is 4.92 Å². The lowest BCUT2D eigenvalue weighted by molar-refractivity contribution is -0.390. The van der Waals surface area contributed by atoms with Gasteiger partial charge in [-0.1, -0.05) is 6.07 Å². The zero-order valence-corrected chi connectivity index (χ0v) is 8.26. The Balaban J connectivity index is 3.64. The van der Waals surface area contributed by atoms with Gasteiger partial charge in [0.1, 0.15) is 0 Å². The lowest BCUT2D eigenvalue weighted by Crippen LogP contribution is -2.03. The van der Waals surface area contributed by atoms with Gasteiger partial charge in [0.2, 0.25) is 5.82 Å². The van der Waals surface area contributed by atoms with Crippen molar-refractivity contribution in [2.24, 2.45) is 4.52 Å². The highest BCUT2D eigenvalue weighted by atomic mass is 32.2. The van der Waals surface area contributed by atoms with E-state index in [9.17, 15) is 22.9 Å². The van der Waals surface area contributed by atoms with Gasteiger partial charge < -0.3 is 0 Å². The number of nitro benzene ring substituents is 1. The van der Waals surface area contributed by atoms with Gasteiger partial charge in [0.25, 0.3) is 10.0 Å². The Morgan fingerprint density at radius 1 is 1.50 bits per heavy atom. The number of benzene rings is 1. The summed E-state index contributed by atoms with van der Waals surface area (Å²) in [7, 11) is -4.58. The molecule has 0 spiro atoms. The molecule has 1 rings (SSSR count). The maximum absolute atomic E-state index is 13.0. The van der Waals surface area contributed by atoms with Crippen LogP contribution in [0.25, 0.3) is 10.4 Å². The van der Waals surface area contributed by atoms with Crippen molar-refractivity contribution in [2.45, 2.75) is 4.90 Å². The molecule has 1 aromatic carbocycles. The minimum atomic E-state index is -4.58. The lowest BCUT2D eigenvalue weighted by atomic mass is 10.3. The van der Waals surface area contributed by atoms with Crippen LogP contribution in [0.4, 0.5) is 10.1 Å². The predicted octanol–water partition coefficient (Wildman–Crippen LogP) is 1.73. The summed E-state index contributed by atoms with van der Waals surface area (Å²) in [5.74, 6) is -1.32. The van der Waals surface area contributed by atoms with Gasteiger partial charge in [-0.3, -0.25) is 10.1 Å². The summed E-state index contributed by atoms with van der Waals surface area (Å²) in [6, 6.07) is 2.47. The van der Waals surface area contributed by atoms with Crippen LogP contribution in [-0.4, -0.2) is 13.3 Å². The summed E-state index contributed by atoms with van der Waals surface area (Å²) in [4.78, 5) is 10.3. The topological polar surface area (TPSA) is 126 Å². The predicted molar refractivity (Wildman–Crippen MR) is 49.4 cm³/mol. The van der Waals surface area contributed by atoms with Crippen molar-refractivity contribution in [3.05, 3.63) is 44.6 Å². The highest BCUT2D eigenvalue weighted by Gasteiger charge is 2.28. The number of nitro groups is 1. The van der Waals surface area contributed by atoms with Crippen molar-refractivity contribution in [3.63, 3.8) is 0 Å². The SMILES string of the molecule is [N-]=[N+]=NS(=O)(=O)c1cccc(F)c1[N+](=O)[O-]. The van der Waals surface area contributed by atoms with Crippen LogP contribution in [0.1, 0.15) is 0 Å². The second kappa shape index (κ2) is 4.13. The summed E-state index contributed by atoms with van der Waals surface area (Å²) >= 11 is 0. The molecule has 0 radical (unpaired) electrons. The molecule has 10 heteroatoms. The second-order valence-electron chi connectivity index (χ2n) is 2.49. The molecule has 16 heavy (non-hydrogen) atoms. The molecule has 0 heterocycles. The maximum Gasteiger partial charge on any atom is 0.323 e. The molecule has 84 valence electrons. The van der Waals surface area contributed by atoms with Crippen molar-refractivity contribution >= 4 is 15.7 Å². The standard InChI is InChI=1S/C6H3FN4O4S/c7-4-2-1-3-5(6(4)11(12)13)16(14,15)10-9-8/h1-3H. The number of para-hydroxylation sites is 1. The molecule has 0 aliphatic heterocycles. The summed E-state index contributed by atoms with van der Waals surface area (Å²) in [5.41, 5.74) is 6.74. The van der Waals surface area contributed by atoms with E-state index >= 15 is 0 Å². The smallest absolute Gasteiger partial charge is 0.258 e. The number of hydrogen-bond acceptors (Lipinski definition) is 4. The average Bonchev–Trinajstić information content (AvgIpc) is 2.16. The van der Waals surface area contributed by atoms with Gasteiger partial charge in [-0.15, -0.1) is 0 Å². The Labute approximate surface area is 88.1 Å². The van der Waals surface area contributed by atoms with Crippen molar-refractivity contribution < 1.29 is 17.7 Å². The zero-order chi connectivity index (χ0) is 12.3. The van der Waals surface area contributed by atoms with E-state index in [-0.39, 0.29) is 0 Å². The van der Waals surface area contributed by atoms with E-state index in [4.69, 9.17) is 5.53 Å². The first-order valence-corrected chi connectivity index (χ1v) is 5.08. The van der Waals surface area contributed by atoms with Gasteiger partial charge in [-0.05, 0) is 17.7 Å². The van der Waals surface area contributed by atoms with Crippen molar-refractivity contribution in [3.8, 4) is 0 Å². The van der Waals surface area contributed by atoms with Gasteiger partial charge in [0, 0.05) is 9.43 Å². The third-order valence-electron chi connectivity index (χ3n) is 1.55. The molecule has 0 aliphatic rings. The zero-order valence-electron chi connectivity index (χ0n) is 7.44. The van der Waals surface area contributed by atoms with E-state index in [2.05, 4.69) is 4.52 Å².